The van der Waals surface area contributed by atoms with E-state index in [0.717, 1.165) is 16.2 Å². The summed E-state index contributed by atoms with van der Waals surface area (Å²) in [5.74, 6) is 2.07. The van der Waals surface area contributed by atoms with Crippen molar-refractivity contribution < 1.29 is 8.83 Å². The van der Waals surface area contributed by atoms with Crippen LogP contribution in [0.3, 0.4) is 0 Å². The van der Waals surface area contributed by atoms with Crippen molar-refractivity contribution in [1.29, 1.82) is 0 Å². The van der Waals surface area contributed by atoms with Gasteiger partial charge in [-0.2, -0.15) is 0 Å². The van der Waals surface area contributed by atoms with Gasteiger partial charge < -0.3 is 13.4 Å². The van der Waals surface area contributed by atoms with Gasteiger partial charge in [0, 0.05) is 7.05 Å². The molecular formula is C15H12N4O2S. The van der Waals surface area contributed by atoms with E-state index in [1.807, 2.05) is 31.3 Å². The molecule has 6 nitrogen and oxygen atoms in total. The lowest BCUT2D eigenvalue weighted by atomic mass is 10.3. The van der Waals surface area contributed by atoms with Gasteiger partial charge in [0.15, 0.2) is 10.9 Å². The molecule has 0 aliphatic rings. The molecule has 7 heteroatoms. The first kappa shape index (κ1) is 13.1. The van der Waals surface area contributed by atoms with Crippen LogP contribution in [0.2, 0.25) is 0 Å². The van der Waals surface area contributed by atoms with Crippen LogP contribution in [-0.4, -0.2) is 19.7 Å². The first-order chi connectivity index (χ1) is 10.8. The molecule has 0 aliphatic carbocycles. The number of thioether (sulfide) groups is 1. The zero-order valence-corrected chi connectivity index (χ0v) is 12.6. The maximum absolute atomic E-state index is 5.59. The fourth-order valence-electron chi connectivity index (χ4n) is 2.19. The molecule has 0 saturated heterocycles. The van der Waals surface area contributed by atoms with E-state index in [2.05, 4.69) is 19.7 Å². The molecule has 3 heterocycles. The molecule has 0 amide bonds. The fourth-order valence-corrected chi connectivity index (χ4v) is 3.01. The standard InChI is InChI=1S/C15H12N4O2S/c1-19-11-6-3-2-5-10(11)16-15(19)22-9-13-17-18-14(21-13)12-7-4-8-20-12/h2-8H,9H2,1H3. The quantitative estimate of drug-likeness (QED) is 0.537. The van der Waals surface area contributed by atoms with Crippen molar-refractivity contribution in [3.8, 4) is 11.7 Å². The smallest absolute Gasteiger partial charge is 0.283 e. The molecule has 0 saturated carbocycles. The lowest BCUT2D eigenvalue weighted by Gasteiger charge is -1.99. The van der Waals surface area contributed by atoms with Gasteiger partial charge in [0.2, 0.25) is 5.89 Å². The highest BCUT2D eigenvalue weighted by molar-refractivity contribution is 7.98. The molecule has 22 heavy (non-hydrogen) atoms. The summed E-state index contributed by atoms with van der Waals surface area (Å²) in [7, 11) is 2.00. The van der Waals surface area contributed by atoms with E-state index in [0.29, 0.717) is 23.3 Å². The normalized spacial score (nSPS) is 11.3. The Bertz CT molecular complexity index is 911. The number of furan rings is 1. The van der Waals surface area contributed by atoms with Crippen LogP contribution in [0.5, 0.6) is 0 Å². The minimum absolute atomic E-state index is 0.394. The van der Waals surface area contributed by atoms with Crippen molar-refractivity contribution in [2.24, 2.45) is 7.05 Å². The topological polar surface area (TPSA) is 69.9 Å². The van der Waals surface area contributed by atoms with E-state index >= 15 is 0 Å². The van der Waals surface area contributed by atoms with Gasteiger partial charge in [-0.05, 0) is 24.3 Å². The lowest BCUT2D eigenvalue weighted by molar-refractivity contribution is 0.494. The van der Waals surface area contributed by atoms with E-state index < -0.39 is 0 Å². The zero-order chi connectivity index (χ0) is 14.9. The van der Waals surface area contributed by atoms with E-state index in [9.17, 15) is 0 Å². The van der Waals surface area contributed by atoms with Gasteiger partial charge in [0.25, 0.3) is 5.89 Å². The highest BCUT2D eigenvalue weighted by Crippen LogP contribution is 2.26. The average Bonchev–Trinajstić information content (AvgIpc) is 3.26. The van der Waals surface area contributed by atoms with Crippen LogP contribution in [0.4, 0.5) is 0 Å². The minimum Gasteiger partial charge on any atom is -0.459 e. The lowest BCUT2D eigenvalue weighted by Crippen LogP contribution is -1.91. The molecule has 1 aromatic carbocycles. The van der Waals surface area contributed by atoms with Crippen LogP contribution in [0, 0.1) is 0 Å². The number of benzene rings is 1. The van der Waals surface area contributed by atoms with Crippen molar-refractivity contribution in [3.05, 3.63) is 48.6 Å². The van der Waals surface area contributed by atoms with Crippen LogP contribution in [0.25, 0.3) is 22.7 Å². The number of imidazole rings is 1. The number of para-hydroxylation sites is 2. The summed E-state index contributed by atoms with van der Waals surface area (Å²) in [6.45, 7) is 0. The molecule has 4 aromatic rings. The molecule has 110 valence electrons. The monoisotopic (exact) mass is 312 g/mol. The molecule has 0 radical (unpaired) electrons. The summed E-state index contributed by atoms with van der Waals surface area (Å²) in [6, 6.07) is 11.6. The fraction of sp³-hybridized carbons (Fsp3) is 0.133. The van der Waals surface area contributed by atoms with Gasteiger partial charge in [-0.1, -0.05) is 23.9 Å². The molecular weight excluding hydrogens is 300 g/mol. The molecule has 0 aliphatic heterocycles. The summed E-state index contributed by atoms with van der Waals surface area (Å²) in [6.07, 6.45) is 1.58. The second-order valence-corrected chi connectivity index (χ2v) is 5.65. The van der Waals surface area contributed by atoms with Crippen molar-refractivity contribution in [2.75, 3.05) is 0 Å². The Labute approximate surface area is 130 Å². The van der Waals surface area contributed by atoms with Gasteiger partial charge in [-0.3, -0.25) is 0 Å². The maximum atomic E-state index is 5.59. The number of fused-ring (bicyclic) bond motifs is 1. The second kappa shape index (κ2) is 5.34. The van der Waals surface area contributed by atoms with Gasteiger partial charge in [0.05, 0.1) is 23.0 Å². The Morgan fingerprint density at radius 2 is 2.05 bits per heavy atom. The van der Waals surface area contributed by atoms with Crippen molar-refractivity contribution in [3.63, 3.8) is 0 Å². The number of rotatable bonds is 4. The first-order valence-electron chi connectivity index (χ1n) is 6.72. The zero-order valence-electron chi connectivity index (χ0n) is 11.8. The first-order valence-corrected chi connectivity index (χ1v) is 7.70. The van der Waals surface area contributed by atoms with E-state index in [4.69, 9.17) is 8.83 Å². The largest absolute Gasteiger partial charge is 0.459 e. The van der Waals surface area contributed by atoms with Crippen molar-refractivity contribution in [2.45, 2.75) is 10.9 Å². The predicted octanol–water partition coefficient (Wildman–Crippen LogP) is 3.51. The SMILES string of the molecule is Cn1c(SCc2nnc(-c3ccco3)o2)nc2ccccc21. The summed E-state index contributed by atoms with van der Waals surface area (Å²) in [4.78, 5) is 4.60. The number of hydrogen-bond donors (Lipinski definition) is 0. The average molecular weight is 312 g/mol. The van der Waals surface area contributed by atoms with Crippen molar-refractivity contribution >= 4 is 22.8 Å². The highest BCUT2D eigenvalue weighted by atomic mass is 32.2. The third-order valence-corrected chi connectivity index (χ3v) is 4.28. The number of hydrogen-bond acceptors (Lipinski definition) is 6. The molecule has 0 atom stereocenters. The predicted molar refractivity (Wildman–Crippen MR) is 82.3 cm³/mol. The van der Waals surface area contributed by atoms with E-state index in [1.54, 1.807) is 30.2 Å². The Kier molecular flexibility index (Phi) is 3.19. The highest BCUT2D eigenvalue weighted by Gasteiger charge is 2.13. The van der Waals surface area contributed by atoms with Gasteiger partial charge in [-0.15, -0.1) is 10.2 Å². The summed E-state index contributed by atoms with van der Waals surface area (Å²) in [5, 5.41) is 8.94. The summed E-state index contributed by atoms with van der Waals surface area (Å²) < 4.78 is 12.9. The van der Waals surface area contributed by atoms with Crippen LogP contribution in [0.1, 0.15) is 5.89 Å². The van der Waals surface area contributed by atoms with Crippen LogP contribution >= 0.6 is 11.8 Å². The molecule has 4 rings (SSSR count). The number of nitrogens with zero attached hydrogens (tertiary/aromatic N) is 4. The van der Waals surface area contributed by atoms with Crippen molar-refractivity contribution in [1.82, 2.24) is 19.7 Å². The van der Waals surface area contributed by atoms with E-state index in [-0.39, 0.29) is 0 Å². The number of aryl methyl sites for hydroxylation is 1. The molecule has 0 fully saturated rings. The molecule has 3 aromatic heterocycles. The van der Waals surface area contributed by atoms with Gasteiger partial charge >= 0.3 is 0 Å². The van der Waals surface area contributed by atoms with Gasteiger partial charge in [0.1, 0.15) is 0 Å². The van der Waals surface area contributed by atoms with E-state index in [1.165, 1.54) is 0 Å². The molecule has 0 spiro atoms. The summed E-state index contributed by atoms with van der Waals surface area (Å²) >= 11 is 1.56. The van der Waals surface area contributed by atoms with Crippen LogP contribution < -0.4 is 0 Å². The van der Waals surface area contributed by atoms with Crippen LogP contribution in [-0.2, 0) is 12.8 Å². The Morgan fingerprint density at radius 1 is 1.14 bits per heavy atom. The molecule has 0 N–H and O–H groups in total. The molecule has 0 bridgehead atoms. The third kappa shape index (κ3) is 2.29. The van der Waals surface area contributed by atoms with Gasteiger partial charge in [-0.25, -0.2) is 4.98 Å². The minimum atomic E-state index is 0.394. The Hall–Kier alpha value is -2.54. The second-order valence-electron chi connectivity index (χ2n) is 4.71. The Morgan fingerprint density at radius 3 is 2.86 bits per heavy atom. The third-order valence-electron chi connectivity index (χ3n) is 3.27. The number of aromatic nitrogens is 4. The van der Waals surface area contributed by atoms with Crippen LogP contribution in [0.15, 0.2) is 56.7 Å². The Balaban J connectivity index is 1.53. The molecule has 0 unspecified atom stereocenters. The summed E-state index contributed by atoms with van der Waals surface area (Å²) in [5.41, 5.74) is 2.08. The maximum Gasteiger partial charge on any atom is 0.283 e.